The lowest BCUT2D eigenvalue weighted by molar-refractivity contribution is 0.0243. The Labute approximate surface area is 109 Å². The molecule has 1 aromatic rings. The van der Waals surface area contributed by atoms with Crippen LogP contribution in [-0.4, -0.2) is 35.1 Å². The van der Waals surface area contributed by atoms with Crippen molar-refractivity contribution in [2.24, 2.45) is 5.92 Å². The van der Waals surface area contributed by atoms with E-state index in [1.54, 1.807) is 0 Å². The zero-order valence-electron chi connectivity index (χ0n) is 10.6. The van der Waals surface area contributed by atoms with Crippen LogP contribution in [0.5, 0.6) is 0 Å². The number of hydrogen-bond donors (Lipinski definition) is 2. The zero-order valence-corrected chi connectivity index (χ0v) is 10.6. The highest BCUT2D eigenvalue weighted by atomic mass is 19.1. The summed E-state index contributed by atoms with van der Waals surface area (Å²) < 4.78 is 27.4. The Morgan fingerprint density at radius 3 is 2.79 bits per heavy atom. The van der Waals surface area contributed by atoms with Crippen LogP contribution in [0.25, 0.3) is 0 Å². The largest absolute Gasteiger partial charge is 0.396 e. The number of benzene rings is 1. The molecule has 19 heavy (non-hydrogen) atoms. The lowest BCUT2D eigenvalue weighted by Crippen LogP contribution is -2.46. The fraction of sp³-hybridized carbons (Fsp3) is 0.462. The van der Waals surface area contributed by atoms with E-state index in [0.717, 1.165) is 12.1 Å². The van der Waals surface area contributed by atoms with E-state index in [9.17, 15) is 18.7 Å². The first-order valence-corrected chi connectivity index (χ1v) is 6.12. The summed E-state index contributed by atoms with van der Waals surface area (Å²) in [6, 6.07) is 2.04. The van der Waals surface area contributed by atoms with Crippen molar-refractivity contribution < 1.29 is 18.7 Å². The molecule has 0 aliphatic carbocycles. The van der Waals surface area contributed by atoms with Gasteiger partial charge in [0, 0.05) is 13.1 Å². The normalized spacial score (nSPS) is 23.5. The van der Waals surface area contributed by atoms with Crippen molar-refractivity contribution in [1.82, 2.24) is 4.90 Å². The molecule has 1 heterocycles. The van der Waals surface area contributed by atoms with E-state index in [4.69, 9.17) is 5.73 Å². The number of β-amino-alcohol motifs (C(OH)–C–C–N with tert-alkyl or cyclic N) is 1. The molecule has 2 rings (SSSR count). The van der Waals surface area contributed by atoms with Gasteiger partial charge >= 0.3 is 0 Å². The molecule has 4 nitrogen and oxygen atoms in total. The van der Waals surface area contributed by atoms with E-state index in [1.807, 2.05) is 6.92 Å². The van der Waals surface area contributed by atoms with Crippen LogP contribution in [0.2, 0.25) is 0 Å². The Morgan fingerprint density at radius 2 is 2.16 bits per heavy atom. The highest BCUT2D eigenvalue weighted by molar-refractivity contribution is 5.95. The predicted octanol–water partition coefficient (Wildman–Crippen LogP) is 1.39. The fourth-order valence-electron chi connectivity index (χ4n) is 2.16. The van der Waals surface area contributed by atoms with Crippen molar-refractivity contribution in [2.75, 3.05) is 18.8 Å². The molecule has 0 aromatic heterocycles. The predicted molar refractivity (Wildman–Crippen MR) is 66.5 cm³/mol. The molecule has 3 N–H and O–H groups in total. The molecule has 1 aliphatic heterocycles. The van der Waals surface area contributed by atoms with Gasteiger partial charge in [-0.1, -0.05) is 6.92 Å². The maximum atomic E-state index is 13.8. The molecule has 0 bridgehead atoms. The van der Waals surface area contributed by atoms with Gasteiger partial charge in [-0.15, -0.1) is 0 Å². The highest BCUT2D eigenvalue weighted by Gasteiger charge is 2.31. The number of likely N-dealkylation sites (tertiary alicyclic amines) is 1. The number of hydrogen-bond acceptors (Lipinski definition) is 3. The van der Waals surface area contributed by atoms with Crippen molar-refractivity contribution in [3.8, 4) is 0 Å². The first-order valence-electron chi connectivity index (χ1n) is 6.12. The summed E-state index contributed by atoms with van der Waals surface area (Å²) in [5.74, 6) is -2.68. The smallest absolute Gasteiger partial charge is 0.260 e. The number of nitrogens with zero attached hydrogens (tertiary/aromatic N) is 1. The Morgan fingerprint density at radius 1 is 1.47 bits per heavy atom. The first-order chi connectivity index (χ1) is 8.91. The second-order valence-electron chi connectivity index (χ2n) is 4.91. The minimum Gasteiger partial charge on any atom is -0.396 e. The Balaban J connectivity index is 2.28. The highest BCUT2D eigenvalue weighted by Crippen LogP contribution is 2.23. The molecule has 1 fully saturated rings. The number of carbonyl (C=O) groups is 1. The monoisotopic (exact) mass is 270 g/mol. The van der Waals surface area contributed by atoms with Gasteiger partial charge in [0.2, 0.25) is 0 Å². The number of carbonyl (C=O) groups excluding carboxylic acids is 1. The number of halogens is 2. The van der Waals surface area contributed by atoms with Crippen molar-refractivity contribution in [1.29, 1.82) is 0 Å². The number of rotatable bonds is 1. The van der Waals surface area contributed by atoms with Crippen LogP contribution >= 0.6 is 0 Å². The third-order valence-electron chi connectivity index (χ3n) is 3.54. The maximum Gasteiger partial charge on any atom is 0.260 e. The van der Waals surface area contributed by atoms with Gasteiger partial charge < -0.3 is 15.7 Å². The number of piperidine rings is 1. The minimum atomic E-state index is -1.04. The van der Waals surface area contributed by atoms with Crippen molar-refractivity contribution in [3.63, 3.8) is 0 Å². The van der Waals surface area contributed by atoms with E-state index in [-0.39, 0.29) is 18.2 Å². The summed E-state index contributed by atoms with van der Waals surface area (Å²) in [5.41, 5.74) is 4.43. The summed E-state index contributed by atoms with van der Waals surface area (Å²) >= 11 is 0. The van der Waals surface area contributed by atoms with Gasteiger partial charge in [-0.3, -0.25) is 4.79 Å². The van der Waals surface area contributed by atoms with Gasteiger partial charge in [-0.25, -0.2) is 8.78 Å². The van der Waals surface area contributed by atoms with E-state index in [0.29, 0.717) is 13.0 Å². The molecule has 1 saturated heterocycles. The molecule has 2 unspecified atom stereocenters. The fourth-order valence-corrected chi connectivity index (χ4v) is 2.16. The third kappa shape index (κ3) is 2.53. The molecule has 0 saturated carbocycles. The SMILES string of the molecule is CC1CCN(C(=O)c2c(F)ccc(N)c2F)CC1O. The number of aliphatic hydroxyl groups is 1. The number of amides is 1. The van der Waals surface area contributed by atoms with E-state index >= 15 is 0 Å². The molecule has 1 aliphatic rings. The van der Waals surface area contributed by atoms with Crippen molar-refractivity contribution in [3.05, 3.63) is 29.3 Å². The summed E-state index contributed by atoms with van der Waals surface area (Å²) in [6.45, 7) is 2.31. The van der Waals surface area contributed by atoms with Gasteiger partial charge in [0.15, 0.2) is 5.82 Å². The number of anilines is 1. The average molecular weight is 270 g/mol. The van der Waals surface area contributed by atoms with Gasteiger partial charge in [0.1, 0.15) is 11.4 Å². The van der Waals surface area contributed by atoms with Crippen LogP contribution in [0.3, 0.4) is 0 Å². The second kappa shape index (κ2) is 5.13. The van der Waals surface area contributed by atoms with Crippen LogP contribution in [0.1, 0.15) is 23.7 Å². The summed E-state index contributed by atoms with van der Waals surface area (Å²) in [7, 11) is 0. The third-order valence-corrected chi connectivity index (χ3v) is 3.54. The molecular formula is C13H16F2N2O2. The number of nitrogens with two attached hydrogens (primary N) is 1. The van der Waals surface area contributed by atoms with Gasteiger partial charge in [-0.05, 0) is 24.5 Å². The molecular weight excluding hydrogens is 254 g/mol. The van der Waals surface area contributed by atoms with Crippen LogP contribution in [0.15, 0.2) is 12.1 Å². The second-order valence-corrected chi connectivity index (χ2v) is 4.91. The maximum absolute atomic E-state index is 13.8. The lowest BCUT2D eigenvalue weighted by atomic mass is 9.95. The van der Waals surface area contributed by atoms with Gasteiger partial charge in [0.05, 0.1) is 11.8 Å². The molecule has 6 heteroatoms. The lowest BCUT2D eigenvalue weighted by Gasteiger charge is -2.34. The van der Waals surface area contributed by atoms with Crippen molar-refractivity contribution >= 4 is 11.6 Å². The Bertz CT molecular complexity index is 508. The Hall–Kier alpha value is -1.69. The number of aliphatic hydroxyl groups excluding tert-OH is 1. The molecule has 2 atom stereocenters. The minimum absolute atomic E-state index is 0.0691. The molecule has 0 spiro atoms. The quantitative estimate of drug-likeness (QED) is 0.758. The van der Waals surface area contributed by atoms with Crippen molar-refractivity contribution in [2.45, 2.75) is 19.4 Å². The molecule has 0 radical (unpaired) electrons. The molecule has 1 aromatic carbocycles. The van der Waals surface area contributed by atoms with Crippen LogP contribution < -0.4 is 5.73 Å². The molecule has 104 valence electrons. The summed E-state index contributed by atoms with van der Waals surface area (Å²) in [5, 5.41) is 9.73. The van der Waals surface area contributed by atoms with Gasteiger partial charge in [-0.2, -0.15) is 0 Å². The molecule has 1 amide bonds. The topological polar surface area (TPSA) is 66.6 Å². The van der Waals surface area contributed by atoms with E-state index < -0.39 is 29.2 Å². The van der Waals surface area contributed by atoms with E-state index in [2.05, 4.69) is 0 Å². The first kappa shape index (κ1) is 13.7. The van der Waals surface area contributed by atoms with Gasteiger partial charge in [0.25, 0.3) is 5.91 Å². The van der Waals surface area contributed by atoms with Crippen LogP contribution in [0.4, 0.5) is 14.5 Å². The zero-order chi connectivity index (χ0) is 14.2. The standard InChI is InChI=1S/C13H16F2N2O2/c1-7-4-5-17(6-10(7)18)13(19)11-8(14)2-3-9(16)12(11)15/h2-3,7,10,18H,4-6,16H2,1H3. The summed E-state index contributed by atoms with van der Waals surface area (Å²) in [4.78, 5) is 13.4. The van der Waals surface area contributed by atoms with Crippen LogP contribution in [0, 0.1) is 17.6 Å². The van der Waals surface area contributed by atoms with E-state index in [1.165, 1.54) is 4.90 Å². The number of nitrogen functional groups attached to an aromatic ring is 1. The summed E-state index contributed by atoms with van der Waals surface area (Å²) in [6.07, 6.45) is -0.0803. The van der Waals surface area contributed by atoms with Crippen LogP contribution in [-0.2, 0) is 0 Å². The average Bonchev–Trinajstić information content (AvgIpc) is 2.37. The Kier molecular flexibility index (Phi) is 3.71.